The van der Waals surface area contributed by atoms with Crippen molar-refractivity contribution in [3.05, 3.63) is 84.0 Å². The van der Waals surface area contributed by atoms with Crippen LogP contribution in [0.1, 0.15) is 72.6 Å². The van der Waals surface area contributed by atoms with Crippen molar-refractivity contribution in [3.63, 3.8) is 0 Å². The van der Waals surface area contributed by atoms with Gasteiger partial charge in [0.05, 0.1) is 76.6 Å². The van der Waals surface area contributed by atoms with Gasteiger partial charge >= 0.3 is 15.6 Å². The van der Waals surface area contributed by atoms with E-state index in [0.717, 1.165) is 0 Å². The summed E-state index contributed by atoms with van der Waals surface area (Å²) in [5.41, 5.74) is 15.0. The Labute approximate surface area is 442 Å². The maximum Gasteiger partial charge on any atom is 0.472 e. The predicted octanol–water partition coefficient (Wildman–Crippen LogP) is 1.43. The summed E-state index contributed by atoms with van der Waals surface area (Å²) in [7, 11) is -9.54. The number of aromatic nitrogens is 8. The number of phenols is 2. The lowest BCUT2D eigenvalue weighted by molar-refractivity contribution is -0.0495. The number of ether oxygens (including phenoxy) is 4. The van der Waals surface area contributed by atoms with E-state index in [2.05, 4.69) is 39.9 Å². The summed E-state index contributed by atoms with van der Waals surface area (Å²) in [6.07, 6.45) is -2.68. The Bertz CT molecular complexity index is 3050. The summed E-state index contributed by atoms with van der Waals surface area (Å²) in [4.78, 5) is 54.5. The molecule has 4 fully saturated rings. The van der Waals surface area contributed by atoms with Gasteiger partial charge in [0.15, 0.2) is 22.9 Å². The quantitative estimate of drug-likeness (QED) is 0.0277. The monoisotopic (exact) mass is 1130 g/mol. The molecule has 2 aromatic carbocycles. The molecule has 0 saturated carbocycles. The smallest absolute Gasteiger partial charge is 0.472 e. The fraction of sp³-hybridized carbons (Fsp3) is 0.478. The lowest BCUT2D eigenvalue weighted by atomic mass is 10.0. The van der Waals surface area contributed by atoms with Gasteiger partial charge in [-0.15, -0.1) is 0 Å². The van der Waals surface area contributed by atoms with Gasteiger partial charge in [0.25, 0.3) is 0 Å². The third-order valence-corrected chi connectivity index (χ3v) is 15.6. The van der Waals surface area contributed by atoms with Crippen molar-refractivity contribution in [1.29, 1.82) is 0 Å². The van der Waals surface area contributed by atoms with E-state index in [1.54, 1.807) is 33.4 Å². The molecule has 10 rings (SSSR count). The van der Waals surface area contributed by atoms with Crippen LogP contribution in [0.15, 0.2) is 71.7 Å². The van der Waals surface area contributed by atoms with Crippen LogP contribution in [0.3, 0.4) is 0 Å². The fourth-order valence-corrected chi connectivity index (χ4v) is 11.5. The average Bonchev–Trinajstić information content (AvgIpc) is 4.42. The zero-order valence-electron chi connectivity index (χ0n) is 41.1. The lowest BCUT2D eigenvalue weighted by Gasteiger charge is -2.21. The van der Waals surface area contributed by atoms with Gasteiger partial charge in [-0.05, 0) is 35.4 Å². The molecule has 14 atom stereocenters. The summed E-state index contributed by atoms with van der Waals surface area (Å²) in [5, 5.41) is 63.1. The Hall–Kier alpha value is -6.02. The molecule has 4 aromatic heterocycles. The fourth-order valence-electron chi connectivity index (χ4n) is 9.56. The highest BCUT2D eigenvalue weighted by atomic mass is 31.2. The normalized spacial score (nSPS) is 29.2. The van der Waals surface area contributed by atoms with Gasteiger partial charge in [-0.25, -0.2) is 39.0 Å². The number of imidazole rings is 2. The Balaban J connectivity index is 0.646. The summed E-state index contributed by atoms with van der Waals surface area (Å²) in [5.74, 6) is 0.0872. The van der Waals surface area contributed by atoms with E-state index in [-0.39, 0.29) is 61.9 Å². The maximum absolute atomic E-state index is 13.1. The largest absolute Gasteiger partial charge is 0.507 e. The number of phosphoric acid groups is 2. The number of phosphoric ester groups is 2. The molecule has 30 nitrogen and oxygen atoms in total. The summed E-state index contributed by atoms with van der Waals surface area (Å²) >= 11 is 0. The van der Waals surface area contributed by atoms with Gasteiger partial charge in [0.1, 0.15) is 84.3 Å². The molecule has 8 heterocycles. The number of hydrogen-bond acceptors (Lipinski definition) is 26. The molecule has 4 aliphatic heterocycles. The molecular formula is C46H56N12O18P2. The van der Waals surface area contributed by atoms with E-state index in [9.17, 15) is 49.6 Å². The zero-order chi connectivity index (χ0) is 54.9. The number of aromatic hydroxyl groups is 2. The minimum Gasteiger partial charge on any atom is -0.507 e. The van der Waals surface area contributed by atoms with E-state index >= 15 is 0 Å². The van der Waals surface area contributed by atoms with Gasteiger partial charge in [0, 0.05) is 49.2 Å². The molecular weight excluding hydrogens is 1070 g/mol. The Kier molecular flexibility index (Phi) is 16.6. The predicted molar refractivity (Wildman–Crippen MR) is 270 cm³/mol. The second-order valence-electron chi connectivity index (χ2n) is 18.7. The molecule has 418 valence electrons. The number of aliphatic hydroxyl groups excluding tert-OH is 4. The SMILES string of the molecule is Nc1ncnc2c1ncn2[C@H]1C[C@H](OP(=O)(O)OC[C@H]2O[C@@H](c3ccc(C=NCCN=Cc4ccc([C@H]5C[C@H](O)[C@@H](COP(=O)(O)O[C@H]6C[C@H](n7cnc8c(N)ncnc87)O[C@@H]6CO)O5)cc4O)c(O)c3)C[C@@H]2O)[C@@H](CO)O1. The van der Waals surface area contributed by atoms with Gasteiger partial charge in [0.2, 0.25) is 0 Å². The molecule has 78 heavy (non-hydrogen) atoms. The number of anilines is 2. The summed E-state index contributed by atoms with van der Waals surface area (Å²) in [6.45, 7) is -1.62. The van der Waals surface area contributed by atoms with Crippen LogP contribution < -0.4 is 11.5 Å². The molecule has 4 aliphatic rings. The number of phenolic OH excluding ortho intramolecular Hbond substituents is 2. The Morgan fingerprint density at radius 3 is 1.44 bits per heavy atom. The van der Waals surface area contributed by atoms with E-state index in [1.165, 1.54) is 49.9 Å². The van der Waals surface area contributed by atoms with E-state index in [1.807, 2.05) is 0 Å². The van der Waals surface area contributed by atoms with E-state index in [4.69, 9.17) is 48.5 Å². The van der Waals surface area contributed by atoms with Crippen molar-refractivity contribution >= 4 is 62.0 Å². The Morgan fingerprint density at radius 2 is 1.04 bits per heavy atom. The van der Waals surface area contributed by atoms with Gasteiger partial charge in [-0.3, -0.25) is 37.2 Å². The van der Waals surface area contributed by atoms with Gasteiger partial charge in [-0.2, -0.15) is 0 Å². The van der Waals surface area contributed by atoms with Gasteiger partial charge in [-0.1, -0.05) is 12.1 Å². The summed E-state index contributed by atoms with van der Waals surface area (Å²) in [6, 6.07) is 9.54. The van der Waals surface area contributed by atoms with Crippen LogP contribution in [-0.4, -0.2) is 180 Å². The molecule has 12 N–H and O–H groups in total. The molecule has 0 radical (unpaired) electrons. The van der Waals surface area contributed by atoms with Crippen LogP contribution >= 0.6 is 15.6 Å². The van der Waals surface area contributed by atoms with Crippen molar-refractivity contribution in [2.45, 2.75) is 99.2 Å². The van der Waals surface area contributed by atoms with Crippen molar-refractivity contribution in [2.24, 2.45) is 9.98 Å². The topological polar surface area (TPSA) is 434 Å². The number of rotatable bonds is 21. The molecule has 4 saturated heterocycles. The van der Waals surface area contributed by atoms with Crippen molar-refractivity contribution < 1.29 is 86.6 Å². The number of aliphatic hydroxyl groups is 4. The first kappa shape index (κ1) is 55.3. The van der Waals surface area contributed by atoms with E-state index < -0.39 is 116 Å². The average molecular weight is 1130 g/mol. The molecule has 32 heteroatoms. The number of nitrogens with two attached hydrogens (primary N) is 2. The molecule has 6 aromatic rings. The lowest BCUT2D eigenvalue weighted by Crippen LogP contribution is -2.29. The second kappa shape index (κ2) is 23.4. The highest BCUT2D eigenvalue weighted by Crippen LogP contribution is 2.51. The number of nitrogens with zero attached hydrogens (tertiary/aromatic N) is 10. The van der Waals surface area contributed by atoms with Crippen molar-refractivity contribution in [2.75, 3.05) is 51.0 Å². The van der Waals surface area contributed by atoms with Crippen LogP contribution in [0.4, 0.5) is 11.6 Å². The molecule has 2 unspecified atom stereocenters. The minimum absolute atomic E-state index is 0.0314. The maximum atomic E-state index is 13.1. The third-order valence-electron chi connectivity index (χ3n) is 13.6. The number of benzene rings is 2. The zero-order valence-corrected chi connectivity index (χ0v) is 42.9. The number of fused-ring (bicyclic) bond motifs is 2. The third kappa shape index (κ3) is 12.2. The highest BCUT2D eigenvalue weighted by molar-refractivity contribution is 7.47. The van der Waals surface area contributed by atoms with E-state index in [0.29, 0.717) is 44.6 Å². The van der Waals surface area contributed by atoms with Crippen molar-refractivity contribution in [3.8, 4) is 11.5 Å². The molecule has 0 bridgehead atoms. The summed E-state index contributed by atoms with van der Waals surface area (Å²) < 4.78 is 74.2. The molecule has 0 amide bonds. The highest BCUT2D eigenvalue weighted by Gasteiger charge is 2.45. The van der Waals surface area contributed by atoms with Crippen LogP contribution in [0.2, 0.25) is 0 Å². The first-order chi connectivity index (χ1) is 37.5. The standard InChI is InChI=1S/C46H56N12O18P2/c47-43-41-45(53-19-51-43)57(21-55-41)39-11-33(35(15-59)73-39)75-77(65,66)69-17-37-29(63)9-31(71-37)23-1-3-25(27(61)7-23)13-49-5-6-50-14-26-4-2-24(8-28(26)62)32-10-30(64)38(72-32)18-70-78(67,68)76-34-12-40(74-36(34)16-60)58-22-56-42-44(48)52-20-54-46(42)58/h1-4,7-8,13-14,19-22,29-40,59-64H,5-6,9-12,15-18H2,(H,65,66)(H,67,68)(H2,47,51,53)(H2,48,52,54)/t29-,30-,31+,32+,33-,34-,35+,36+,37+,38+,39+,40+/m0/s1. The van der Waals surface area contributed by atoms with Crippen LogP contribution in [-0.2, 0) is 46.2 Å². The first-order valence-electron chi connectivity index (χ1n) is 24.5. The second-order valence-corrected chi connectivity index (χ2v) is 21.5. The Morgan fingerprint density at radius 1 is 0.615 bits per heavy atom. The minimum atomic E-state index is -4.77. The number of hydrogen-bond donors (Lipinski definition) is 10. The molecule has 0 aliphatic carbocycles. The number of aliphatic imine (C=N–C) groups is 2. The van der Waals surface area contributed by atoms with Crippen molar-refractivity contribution in [1.82, 2.24) is 39.0 Å². The van der Waals surface area contributed by atoms with Gasteiger partial charge < -0.3 is 70.8 Å². The van der Waals surface area contributed by atoms with Crippen LogP contribution in [0.25, 0.3) is 22.3 Å². The van der Waals surface area contributed by atoms with Crippen LogP contribution in [0.5, 0.6) is 11.5 Å². The molecule has 0 spiro atoms. The van der Waals surface area contributed by atoms with Crippen LogP contribution in [0, 0.1) is 0 Å². The first-order valence-corrected chi connectivity index (χ1v) is 27.5. The number of nitrogen functional groups attached to an aromatic ring is 2.